The highest BCUT2D eigenvalue weighted by molar-refractivity contribution is 6.30. The number of hydrogen-bond acceptors (Lipinski definition) is 2. The Bertz CT molecular complexity index is 417. The van der Waals surface area contributed by atoms with Crippen LogP contribution in [0.4, 0.5) is 0 Å². The molecule has 1 aliphatic heterocycles. The Balaban J connectivity index is 2.32. The van der Waals surface area contributed by atoms with Crippen molar-refractivity contribution in [1.82, 2.24) is 0 Å². The number of aliphatic carboxylic acids is 1. The summed E-state index contributed by atoms with van der Waals surface area (Å²) in [5.41, 5.74) is 1.95. The van der Waals surface area contributed by atoms with Crippen molar-refractivity contribution < 1.29 is 14.6 Å². The summed E-state index contributed by atoms with van der Waals surface area (Å²) in [4.78, 5) is 11.1. The number of carboxylic acids is 1. The van der Waals surface area contributed by atoms with Gasteiger partial charge in [0.1, 0.15) is 0 Å². The first kappa shape index (κ1) is 11.4. The van der Waals surface area contributed by atoms with Crippen LogP contribution in [0, 0.1) is 5.92 Å². The molecule has 0 spiro atoms. The Labute approximate surface area is 99.0 Å². The van der Waals surface area contributed by atoms with E-state index in [0.717, 1.165) is 11.1 Å². The first-order chi connectivity index (χ1) is 7.63. The molecule has 2 atom stereocenters. The molecule has 86 valence electrons. The van der Waals surface area contributed by atoms with Gasteiger partial charge < -0.3 is 9.84 Å². The van der Waals surface area contributed by atoms with Crippen LogP contribution >= 0.6 is 11.6 Å². The molecule has 1 aromatic rings. The van der Waals surface area contributed by atoms with Crippen molar-refractivity contribution in [2.75, 3.05) is 0 Å². The van der Waals surface area contributed by atoms with Crippen molar-refractivity contribution in [3.8, 4) is 0 Å². The second-order valence-electron chi connectivity index (χ2n) is 3.93. The lowest BCUT2D eigenvalue weighted by atomic mass is 9.93. The van der Waals surface area contributed by atoms with Gasteiger partial charge in [0.2, 0.25) is 0 Å². The average molecular weight is 241 g/mol. The molecule has 1 heterocycles. The second kappa shape index (κ2) is 4.44. The van der Waals surface area contributed by atoms with Crippen LogP contribution in [-0.2, 0) is 16.1 Å². The first-order valence-corrected chi connectivity index (χ1v) is 5.64. The number of ether oxygens (including phenoxy) is 1. The van der Waals surface area contributed by atoms with Gasteiger partial charge in [-0.05, 0) is 29.7 Å². The predicted molar refractivity (Wildman–Crippen MR) is 60.4 cm³/mol. The highest BCUT2D eigenvalue weighted by Crippen LogP contribution is 2.38. The third-order valence-electron chi connectivity index (χ3n) is 2.95. The summed E-state index contributed by atoms with van der Waals surface area (Å²) in [6.45, 7) is 2.31. The number of fused-ring (bicyclic) bond motifs is 1. The normalized spacial score (nSPS) is 20.5. The molecule has 4 heteroatoms. The molecule has 0 radical (unpaired) electrons. The number of hydrogen-bond donors (Lipinski definition) is 1. The fraction of sp³-hybridized carbons (Fsp3) is 0.417. The Morgan fingerprint density at radius 3 is 3.06 bits per heavy atom. The molecule has 16 heavy (non-hydrogen) atoms. The molecule has 1 aliphatic rings. The summed E-state index contributed by atoms with van der Waals surface area (Å²) in [7, 11) is 0. The van der Waals surface area contributed by atoms with Gasteiger partial charge in [-0.2, -0.15) is 0 Å². The highest BCUT2D eigenvalue weighted by atomic mass is 35.5. The van der Waals surface area contributed by atoms with Crippen LogP contribution in [0.2, 0.25) is 5.02 Å². The van der Waals surface area contributed by atoms with E-state index in [9.17, 15) is 4.79 Å². The fourth-order valence-electron chi connectivity index (χ4n) is 2.10. The average Bonchev–Trinajstić information content (AvgIpc) is 2.62. The van der Waals surface area contributed by atoms with Gasteiger partial charge in [0, 0.05) is 5.02 Å². The van der Waals surface area contributed by atoms with E-state index in [1.165, 1.54) is 0 Å². The largest absolute Gasteiger partial charge is 0.481 e. The number of rotatable bonds is 3. The molecule has 0 bridgehead atoms. The number of halogens is 1. The van der Waals surface area contributed by atoms with E-state index in [2.05, 4.69) is 0 Å². The van der Waals surface area contributed by atoms with E-state index in [4.69, 9.17) is 21.4 Å². The topological polar surface area (TPSA) is 46.5 Å². The third kappa shape index (κ3) is 1.93. The monoisotopic (exact) mass is 240 g/mol. The van der Waals surface area contributed by atoms with E-state index in [1.807, 2.05) is 19.1 Å². The maximum atomic E-state index is 11.1. The number of carbonyl (C=O) groups is 1. The summed E-state index contributed by atoms with van der Waals surface area (Å²) >= 11 is 5.88. The van der Waals surface area contributed by atoms with Crippen molar-refractivity contribution in [1.29, 1.82) is 0 Å². The van der Waals surface area contributed by atoms with Crippen LogP contribution in [0.3, 0.4) is 0 Å². The zero-order chi connectivity index (χ0) is 11.7. The summed E-state index contributed by atoms with van der Waals surface area (Å²) in [6.07, 6.45) is 0.219. The SMILES string of the molecule is CCC(C(=O)O)C1OCc2cc(Cl)ccc21. The fourth-order valence-corrected chi connectivity index (χ4v) is 2.29. The van der Waals surface area contributed by atoms with Crippen molar-refractivity contribution in [3.05, 3.63) is 34.3 Å². The molecule has 1 aromatic carbocycles. The van der Waals surface area contributed by atoms with Crippen molar-refractivity contribution in [2.45, 2.75) is 26.1 Å². The summed E-state index contributed by atoms with van der Waals surface area (Å²) in [6, 6.07) is 5.48. The molecule has 0 saturated carbocycles. The molecule has 0 aliphatic carbocycles. The molecule has 1 N–H and O–H groups in total. The molecule has 2 unspecified atom stereocenters. The van der Waals surface area contributed by atoms with E-state index in [1.54, 1.807) is 6.07 Å². The van der Waals surface area contributed by atoms with Gasteiger partial charge in [-0.25, -0.2) is 0 Å². The molecule has 2 rings (SSSR count). The lowest BCUT2D eigenvalue weighted by Crippen LogP contribution is -2.20. The van der Waals surface area contributed by atoms with Crippen LogP contribution in [-0.4, -0.2) is 11.1 Å². The summed E-state index contributed by atoms with van der Waals surface area (Å²) < 4.78 is 5.55. The van der Waals surface area contributed by atoms with Gasteiger partial charge in [0.25, 0.3) is 0 Å². The lowest BCUT2D eigenvalue weighted by Gasteiger charge is -2.18. The molecule has 0 aromatic heterocycles. The van der Waals surface area contributed by atoms with E-state index < -0.39 is 11.9 Å². The smallest absolute Gasteiger partial charge is 0.309 e. The van der Waals surface area contributed by atoms with Crippen molar-refractivity contribution in [3.63, 3.8) is 0 Å². The van der Waals surface area contributed by atoms with Crippen molar-refractivity contribution in [2.24, 2.45) is 5.92 Å². The maximum Gasteiger partial charge on any atom is 0.309 e. The zero-order valence-electron chi connectivity index (χ0n) is 8.94. The minimum absolute atomic E-state index is 0.338. The zero-order valence-corrected chi connectivity index (χ0v) is 9.70. The molecule has 0 fully saturated rings. The van der Waals surface area contributed by atoms with Crippen molar-refractivity contribution >= 4 is 17.6 Å². The van der Waals surface area contributed by atoms with Crippen LogP contribution in [0.1, 0.15) is 30.6 Å². The van der Waals surface area contributed by atoms with Gasteiger partial charge in [0.15, 0.2) is 0 Å². The second-order valence-corrected chi connectivity index (χ2v) is 4.36. The predicted octanol–water partition coefficient (Wildman–Crippen LogP) is 3.02. The molecular formula is C12H13ClO3. The molecule has 0 saturated heterocycles. The first-order valence-electron chi connectivity index (χ1n) is 5.26. The van der Waals surface area contributed by atoms with E-state index in [-0.39, 0.29) is 6.10 Å². The van der Waals surface area contributed by atoms with Crippen LogP contribution < -0.4 is 0 Å². The highest BCUT2D eigenvalue weighted by Gasteiger charge is 2.34. The Hall–Kier alpha value is -1.06. The van der Waals surface area contributed by atoms with E-state index in [0.29, 0.717) is 18.1 Å². The van der Waals surface area contributed by atoms with Gasteiger partial charge in [0.05, 0.1) is 18.6 Å². The minimum Gasteiger partial charge on any atom is -0.481 e. The Kier molecular flexibility index (Phi) is 3.17. The number of carboxylic acid groups (broad SMARTS) is 1. The van der Waals surface area contributed by atoms with Gasteiger partial charge in [-0.1, -0.05) is 24.6 Å². The van der Waals surface area contributed by atoms with Gasteiger partial charge in [-0.3, -0.25) is 4.79 Å². The lowest BCUT2D eigenvalue weighted by molar-refractivity contribution is -0.147. The Morgan fingerprint density at radius 1 is 1.69 bits per heavy atom. The standard InChI is InChI=1S/C12H13ClO3/c1-2-9(12(14)15)11-10-4-3-8(13)5-7(10)6-16-11/h3-5,9,11H,2,6H2,1H3,(H,14,15). The van der Waals surface area contributed by atoms with Crippen LogP contribution in [0.25, 0.3) is 0 Å². The summed E-state index contributed by atoms with van der Waals surface area (Å²) in [5, 5.41) is 9.77. The van der Waals surface area contributed by atoms with Gasteiger partial charge in [-0.15, -0.1) is 0 Å². The summed E-state index contributed by atoms with van der Waals surface area (Å²) in [5.74, 6) is -1.29. The molecule has 0 amide bonds. The third-order valence-corrected chi connectivity index (χ3v) is 3.19. The minimum atomic E-state index is -0.810. The van der Waals surface area contributed by atoms with E-state index >= 15 is 0 Å². The quantitative estimate of drug-likeness (QED) is 0.884. The van der Waals surface area contributed by atoms with Gasteiger partial charge >= 0.3 is 5.97 Å². The maximum absolute atomic E-state index is 11.1. The van der Waals surface area contributed by atoms with Crippen LogP contribution in [0.5, 0.6) is 0 Å². The molecule has 3 nitrogen and oxygen atoms in total. The number of benzene rings is 1. The Morgan fingerprint density at radius 2 is 2.44 bits per heavy atom. The molecular weight excluding hydrogens is 228 g/mol. The van der Waals surface area contributed by atoms with Crippen LogP contribution in [0.15, 0.2) is 18.2 Å².